The van der Waals surface area contributed by atoms with Gasteiger partial charge < -0.3 is 36.5 Å². The molecular weight excluding hydrogens is 968 g/mol. The second kappa shape index (κ2) is 21.8. The predicted octanol–water partition coefficient (Wildman–Crippen LogP) is 8.26. The number of hydrogen-bond acceptors (Lipinski definition) is 14. The molecule has 0 spiro atoms. The standard InChI is InChI=1S/C9H6ClNO4.C9H8ClNO2.C9H10ClNO.C6H5ClN2O3.C2H2Br2O/c10-7-2-5-1-6(12)4-15-9(5)3-8(7)11(13)14;10-7-2-5-1-6(12)4-13-9(5)3-8(7)11;10-7-4-6-2-1-3-12-9(6)5-8(7)11;7-3-1-4(8)6(10)2-5(3)9(11)12;3-1-2(4)5/h2-3H,1,4H2;2-3H,1,4,11H2;4-5H,1-3,11H2;1-2,10H,8H2;1H2. The number of carbonyl (C=O) groups excluding carboxylic acids is 3. The maximum atomic E-state index is 11.1. The number of hydrogen-bond donors (Lipinski definition) is 4. The Morgan fingerprint density at radius 2 is 1.11 bits per heavy atom. The number of nitro groups is 2. The number of benzene rings is 4. The summed E-state index contributed by atoms with van der Waals surface area (Å²) in [4.78, 5) is 51.3. The molecule has 0 saturated heterocycles. The van der Waals surface area contributed by atoms with E-state index in [4.69, 9.17) is 82.9 Å². The number of alkyl halides is 1. The lowest BCUT2D eigenvalue weighted by Gasteiger charge is -2.17. The second-order valence-corrected chi connectivity index (χ2v) is 14.8. The minimum absolute atomic E-state index is 0.0162. The number of fused-ring (bicyclic) bond motifs is 3. The Balaban J connectivity index is 0.000000196. The molecule has 7 rings (SSSR count). The fourth-order valence-corrected chi connectivity index (χ4v) is 5.68. The van der Waals surface area contributed by atoms with Crippen LogP contribution in [0, 0.1) is 20.2 Å². The number of aryl methyl sites for hydroxylation is 1. The lowest BCUT2D eigenvalue weighted by atomic mass is 10.1. The van der Waals surface area contributed by atoms with Crippen molar-refractivity contribution in [1.82, 2.24) is 0 Å². The average molecular weight is 999 g/mol. The van der Waals surface area contributed by atoms with Gasteiger partial charge in [0.1, 0.15) is 46.3 Å². The highest BCUT2D eigenvalue weighted by Crippen LogP contribution is 2.36. The molecule has 0 aromatic heterocycles. The molecule has 4 aromatic carbocycles. The molecule has 0 bridgehead atoms. The SMILES string of the molecule is Nc1cc(Cl)c([N+](=O)[O-])cc1O.Nc1cc2c(cc1Cl)CC(=O)CO2.Nc1cc2c(cc1Cl)CCCO2.O=C(Br)CBr.O=C1COc2cc([N+](=O)[O-])c(Cl)cc2C1. The third-order valence-electron chi connectivity index (χ3n) is 7.48. The summed E-state index contributed by atoms with van der Waals surface area (Å²) in [5.74, 6) is 1.59. The highest BCUT2D eigenvalue weighted by atomic mass is 79.9. The van der Waals surface area contributed by atoms with Crippen LogP contribution < -0.4 is 31.4 Å². The number of nitro benzene ring substituents is 2. The number of ketones is 2. The molecule has 0 radical (unpaired) electrons. The van der Waals surface area contributed by atoms with Gasteiger partial charge in [-0.3, -0.25) is 34.6 Å². The van der Waals surface area contributed by atoms with Gasteiger partial charge in [-0.15, -0.1) is 0 Å². The fourth-order valence-electron chi connectivity index (χ4n) is 4.81. The molecule has 304 valence electrons. The monoisotopic (exact) mass is 995 g/mol. The quantitative estimate of drug-likeness (QED) is 0.0376. The molecule has 0 saturated carbocycles. The van der Waals surface area contributed by atoms with E-state index in [0.717, 1.165) is 42.9 Å². The van der Waals surface area contributed by atoms with Crippen LogP contribution in [-0.2, 0) is 33.6 Å². The molecule has 16 nitrogen and oxygen atoms in total. The number of nitrogens with two attached hydrogens (primary N) is 3. The first-order valence-electron chi connectivity index (χ1n) is 16.0. The van der Waals surface area contributed by atoms with Gasteiger partial charge in [-0.2, -0.15) is 0 Å². The van der Waals surface area contributed by atoms with E-state index in [1.165, 1.54) is 17.7 Å². The average Bonchev–Trinajstić information content (AvgIpc) is 3.14. The number of carbonyl (C=O) groups is 3. The number of phenols is 1. The van der Waals surface area contributed by atoms with Gasteiger partial charge in [0.25, 0.3) is 11.4 Å². The van der Waals surface area contributed by atoms with Crippen molar-refractivity contribution in [1.29, 1.82) is 0 Å². The molecule has 57 heavy (non-hydrogen) atoms. The number of nitrogen functional groups attached to an aromatic ring is 3. The normalized spacial score (nSPS) is 13.1. The van der Waals surface area contributed by atoms with Crippen molar-refractivity contribution in [3.63, 3.8) is 0 Å². The van der Waals surface area contributed by atoms with Crippen molar-refractivity contribution in [2.75, 3.05) is 42.4 Å². The number of phenolic OH excluding ortho intramolecular Hbond substituents is 1. The molecule has 0 atom stereocenters. The van der Waals surface area contributed by atoms with E-state index >= 15 is 0 Å². The Hall–Kier alpha value is -4.59. The van der Waals surface area contributed by atoms with Crippen LogP contribution in [0.25, 0.3) is 0 Å². The molecule has 7 N–H and O–H groups in total. The number of rotatable bonds is 3. The molecule has 3 heterocycles. The molecular formula is C35H31Br2Cl4N5O11. The van der Waals surface area contributed by atoms with Crippen LogP contribution in [0.2, 0.25) is 20.1 Å². The van der Waals surface area contributed by atoms with Crippen molar-refractivity contribution in [3.8, 4) is 23.0 Å². The summed E-state index contributed by atoms with van der Waals surface area (Å²) < 4.78 is 15.7. The van der Waals surface area contributed by atoms with Crippen LogP contribution in [0.4, 0.5) is 28.4 Å². The number of halogens is 6. The third kappa shape index (κ3) is 14.1. The number of anilines is 3. The van der Waals surface area contributed by atoms with Crippen LogP contribution in [0.3, 0.4) is 0 Å². The summed E-state index contributed by atoms with van der Waals surface area (Å²) in [7, 11) is 0. The fraction of sp³-hybridized carbons (Fsp3) is 0.229. The highest BCUT2D eigenvalue weighted by molar-refractivity contribution is 9.19. The van der Waals surface area contributed by atoms with Crippen molar-refractivity contribution < 1.29 is 43.5 Å². The Morgan fingerprint density at radius 3 is 1.60 bits per heavy atom. The second-order valence-electron chi connectivity index (χ2n) is 11.7. The summed E-state index contributed by atoms with van der Waals surface area (Å²) >= 11 is 28.4. The molecule has 0 unspecified atom stereocenters. The van der Waals surface area contributed by atoms with E-state index in [0.29, 0.717) is 50.2 Å². The zero-order valence-electron chi connectivity index (χ0n) is 29.2. The molecule has 0 amide bonds. The summed E-state index contributed by atoms with van der Waals surface area (Å²) in [6, 6.07) is 11.7. The van der Waals surface area contributed by atoms with E-state index in [1.54, 1.807) is 18.2 Å². The first kappa shape index (κ1) is 46.8. The van der Waals surface area contributed by atoms with Crippen LogP contribution in [0.1, 0.15) is 23.1 Å². The van der Waals surface area contributed by atoms with Crippen molar-refractivity contribution in [2.45, 2.75) is 25.7 Å². The van der Waals surface area contributed by atoms with E-state index in [9.17, 15) is 34.6 Å². The predicted molar refractivity (Wildman–Crippen MR) is 224 cm³/mol. The van der Waals surface area contributed by atoms with Crippen LogP contribution in [-0.4, -0.2) is 56.4 Å². The highest BCUT2D eigenvalue weighted by Gasteiger charge is 2.23. The van der Waals surface area contributed by atoms with Crippen molar-refractivity contribution in [3.05, 3.63) is 106 Å². The molecule has 3 aliphatic rings. The third-order valence-corrected chi connectivity index (χ3v) is 10.3. The van der Waals surface area contributed by atoms with E-state index < -0.39 is 9.85 Å². The van der Waals surface area contributed by atoms with Gasteiger partial charge in [-0.25, -0.2) is 0 Å². The lowest BCUT2D eigenvalue weighted by molar-refractivity contribution is -0.384. The maximum Gasteiger partial charge on any atom is 0.291 e. The van der Waals surface area contributed by atoms with E-state index in [2.05, 4.69) is 31.9 Å². The summed E-state index contributed by atoms with van der Waals surface area (Å²) in [6.45, 7) is 0.883. The Kier molecular flexibility index (Phi) is 17.9. The summed E-state index contributed by atoms with van der Waals surface area (Å²) in [5, 5.41) is 31.2. The maximum absolute atomic E-state index is 11.1. The summed E-state index contributed by atoms with van der Waals surface area (Å²) in [5.41, 5.74) is 19.6. The molecule has 22 heteroatoms. The summed E-state index contributed by atoms with van der Waals surface area (Å²) in [6.07, 6.45) is 2.70. The van der Waals surface area contributed by atoms with Gasteiger partial charge in [-0.1, -0.05) is 62.3 Å². The van der Waals surface area contributed by atoms with Crippen molar-refractivity contribution >= 4 is 123 Å². The van der Waals surface area contributed by atoms with Crippen molar-refractivity contribution in [2.24, 2.45) is 0 Å². The van der Waals surface area contributed by atoms with Crippen LogP contribution in [0.15, 0.2) is 48.5 Å². The molecule has 0 fully saturated rings. The number of ether oxygens (including phenoxy) is 3. The molecule has 3 aliphatic heterocycles. The minimum atomic E-state index is -0.693. The number of nitrogens with zero attached hydrogens (tertiary/aromatic N) is 2. The molecule has 4 aromatic rings. The topological polar surface area (TPSA) is 263 Å². The minimum Gasteiger partial charge on any atom is -0.506 e. The first-order chi connectivity index (χ1) is 26.8. The van der Waals surface area contributed by atoms with Gasteiger partial charge in [-0.05, 0) is 58.6 Å². The largest absolute Gasteiger partial charge is 0.506 e. The lowest BCUT2D eigenvalue weighted by Crippen LogP contribution is -2.20. The van der Waals surface area contributed by atoms with Gasteiger partial charge in [0.2, 0.25) is 4.69 Å². The van der Waals surface area contributed by atoms with E-state index in [-0.39, 0.29) is 68.8 Å². The zero-order valence-corrected chi connectivity index (χ0v) is 35.4. The van der Waals surface area contributed by atoms with Gasteiger partial charge in [0, 0.05) is 36.1 Å². The van der Waals surface area contributed by atoms with Crippen LogP contribution in [0.5, 0.6) is 23.0 Å². The first-order valence-corrected chi connectivity index (χ1v) is 19.4. The zero-order chi connectivity index (χ0) is 42.6. The van der Waals surface area contributed by atoms with Gasteiger partial charge in [0.05, 0.1) is 61.0 Å². The van der Waals surface area contributed by atoms with E-state index in [1.807, 2.05) is 6.07 Å². The number of Topliss-reactive ketones (excluding diaryl/α,β-unsaturated/α-hetero) is 2. The van der Waals surface area contributed by atoms with Crippen LogP contribution >= 0.6 is 78.3 Å². The Bertz CT molecular complexity index is 2170. The number of aromatic hydroxyl groups is 1. The molecule has 0 aliphatic carbocycles. The Morgan fingerprint density at radius 1 is 0.684 bits per heavy atom. The van der Waals surface area contributed by atoms with Gasteiger partial charge in [0.15, 0.2) is 11.6 Å². The Labute approximate surface area is 361 Å². The smallest absolute Gasteiger partial charge is 0.291 e. The van der Waals surface area contributed by atoms with Gasteiger partial charge >= 0.3 is 0 Å².